The van der Waals surface area contributed by atoms with Gasteiger partial charge < -0.3 is 9.64 Å². The molecule has 5 heteroatoms. The van der Waals surface area contributed by atoms with Gasteiger partial charge >= 0.3 is 0 Å². The molecule has 0 amide bonds. The van der Waals surface area contributed by atoms with E-state index in [1.54, 1.807) is 19.2 Å². The van der Waals surface area contributed by atoms with Gasteiger partial charge in [0.2, 0.25) is 0 Å². The van der Waals surface area contributed by atoms with E-state index in [4.69, 9.17) is 4.74 Å². The summed E-state index contributed by atoms with van der Waals surface area (Å²) in [7, 11) is 3.69. The largest absolute Gasteiger partial charge is 0.380 e. The lowest BCUT2D eigenvalue weighted by molar-refractivity contribution is -0.385. The van der Waals surface area contributed by atoms with Gasteiger partial charge in [-0.25, -0.2) is 0 Å². The molecule has 2 rings (SSSR count). The zero-order valence-electron chi connectivity index (χ0n) is 11.3. The number of likely N-dealkylation sites (N-methyl/N-ethyl adjacent to an activating group) is 1. The molecule has 1 aromatic rings. The summed E-state index contributed by atoms with van der Waals surface area (Å²) in [5.74, 6) is 0. The third kappa shape index (κ3) is 3.19. The minimum atomic E-state index is -0.369. The smallest absolute Gasteiger partial charge is 0.269 e. The maximum Gasteiger partial charge on any atom is 0.269 e. The minimum absolute atomic E-state index is 0.115. The van der Waals surface area contributed by atoms with Gasteiger partial charge in [-0.05, 0) is 36.2 Å². The van der Waals surface area contributed by atoms with E-state index in [1.807, 2.05) is 6.07 Å². The van der Waals surface area contributed by atoms with E-state index in [0.29, 0.717) is 6.61 Å². The predicted molar refractivity (Wildman–Crippen MR) is 73.9 cm³/mol. The van der Waals surface area contributed by atoms with Crippen molar-refractivity contribution < 1.29 is 9.66 Å². The highest BCUT2D eigenvalue weighted by Crippen LogP contribution is 2.28. The Kier molecular flexibility index (Phi) is 4.29. The Morgan fingerprint density at radius 3 is 2.84 bits per heavy atom. The van der Waals surface area contributed by atoms with Crippen LogP contribution in [-0.4, -0.2) is 37.1 Å². The molecule has 102 valence electrons. The summed E-state index contributed by atoms with van der Waals surface area (Å²) < 4.78 is 5.15. The fourth-order valence-corrected chi connectivity index (χ4v) is 2.30. The number of methoxy groups -OCH3 is 1. The molecule has 1 heterocycles. The number of rotatable bonds is 4. The normalized spacial score (nSPS) is 16.2. The molecule has 0 saturated carbocycles. The molecule has 0 atom stereocenters. The molecular formula is C14H18N2O3. The molecule has 5 nitrogen and oxygen atoms in total. The first-order valence-electron chi connectivity index (χ1n) is 6.26. The third-order valence-corrected chi connectivity index (χ3v) is 3.36. The fraction of sp³-hybridized carbons (Fsp3) is 0.429. The summed E-state index contributed by atoms with van der Waals surface area (Å²) in [6.45, 7) is 2.32. The highest BCUT2D eigenvalue weighted by Gasteiger charge is 2.16. The van der Waals surface area contributed by atoms with Crippen molar-refractivity contribution >= 4 is 11.3 Å². The van der Waals surface area contributed by atoms with Crippen molar-refractivity contribution in [2.24, 2.45) is 0 Å². The maximum atomic E-state index is 10.8. The van der Waals surface area contributed by atoms with Crippen LogP contribution in [0.25, 0.3) is 5.57 Å². The van der Waals surface area contributed by atoms with Crippen LogP contribution in [0.15, 0.2) is 24.3 Å². The lowest BCUT2D eigenvalue weighted by Gasteiger charge is -2.23. The summed E-state index contributed by atoms with van der Waals surface area (Å²) >= 11 is 0. The molecule has 0 aromatic heterocycles. The van der Waals surface area contributed by atoms with Gasteiger partial charge in [-0.2, -0.15) is 0 Å². The van der Waals surface area contributed by atoms with Crippen molar-refractivity contribution in [2.45, 2.75) is 13.0 Å². The van der Waals surface area contributed by atoms with Crippen molar-refractivity contribution in [2.75, 3.05) is 27.2 Å². The fourth-order valence-electron chi connectivity index (χ4n) is 2.30. The number of nitro groups is 1. The Labute approximate surface area is 112 Å². The summed E-state index contributed by atoms with van der Waals surface area (Å²) in [4.78, 5) is 12.7. The molecule has 0 spiro atoms. The molecule has 0 bridgehead atoms. The van der Waals surface area contributed by atoms with Gasteiger partial charge in [-0.3, -0.25) is 10.1 Å². The molecule has 1 aliphatic rings. The van der Waals surface area contributed by atoms with Crippen LogP contribution >= 0.6 is 0 Å². The van der Waals surface area contributed by atoms with Crippen molar-refractivity contribution in [1.29, 1.82) is 0 Å². The number of ether oxygens (including phenoxy) is 1. The van der Waals surface area contributed by atoms with E-state index in [2.05, 4.69) is 18.0 Å². The van der Waals surface area contributed by atoms with Gasteiger partial charge in [-0.15, -0.1) is 0 Å². The summed E-state index contributed by atoms with van der Waals surface area (Å²) in [6, 6.07) is 5.01. The Bertz CT molecular complexity index is 511. The van der Waals surface area contributed by atoms with E-state index in [1.165, 1.54) is 5.57 Å². The first-order chi connectivity index (χ1) is 9.11. The van der Waals surface area contributed by atoms with Crippen LogP contribution in [0.1, 0.15) is 17.5 Å². The monoisotopic (exact) mass is 262 g/mol. The number of nitrogens with zero attached hydrogens (tertiary/aromatic N) is 2. The molecule has 0 unspecified atom stereocenters. The van der Waals surface area contributed by atoms with Gasteiger partial charge in [0.1, 0.15) is 0 Å². The van der Waals surface area contributed by atoms with E-state index in [0.717, 1.165) is 30.6 Å². The van der Waals surface area contributed by atoms with Crippen LogP contribution in [0.3, 0.4) is 0 Å². The summed E-state index contributed by atoms with van der Waals surface area (Å²) in [6.07, 6.45) is 3.15. The second-order valence-corrected chi connectivity index (χ2v) is 4.77. The van der Waals surface area contributed by atoms with Crippen LogP contribution in [0.2, 0.25) is 0 Å². The Morgan fingerprint density at radius 1 is 1.47 bits per heavy atom. The number of hydrogen-bond donors (Lipinski definition) is 0. The standard InChI is InChI=1S/C14H18N2O3/c1-15-7-5-11(6-8-15)14-4-3-13(16(17)18)9-12(14)10-19-2/h3-5,9H,6-8,10H2,1-2H3. The first-order valence-corrected chi connectivity index (χ1v) is 6.26. The second kappa shape index (κ2) is 5.95. The quantitative estimate of drug-likeness (QED) is 0.618. The van der Waals surface area contributed by atoms with Crippen LogP contribution in [0.5, 0.6) is 0 Å². The minimum Gasteiger partial charge on any atom is -0.380 e. The molecule has 0 aliphatic carbocycles. The summed E-state index contributed by atoms with van der Waals surface area (Å²) in [5, 5.41) is 10.8. The Hall–Kier alpha value is -1.72. The molecule has 1 aliphatic heterocycles. The van der Waals surface area contributed by atoms with Gasteiger partial charge in [0.05, 0.1) is 11.5 Å². The van der Waals surface area contributed by atoms with Crippen LogP contribution in [0, 0.1) is 10.1 Å². The molecule has 0 fully saturated rings. The molecule has 19 heavy (non-hydrogen) atoms. The highest BCUT2D eigenvalue weighted by atomic mass is 16.6. The number of benzene rings is 1. The number of hydrogen-bond acceptors (Lipinski definition) is 4. The topological polar surface area (TPSA) is 55.6 Å². The number of nitro benzene ring substituents is 1. The molecule has 0 N–H and O–H groups in total. The zero-order valence-corrected chi connectivity index (χ0v) is 11.3. The average Bonchev–Trinajstić information content (AvgIpc) is 2.40. The maximum absolute atomic E-state index is 10.8. The SMILES string of the molecule is COCc1cc([N+](=O)[O-])ccc1C1=CCN(C)CC1. The lowest BCUT2D eigenvalue weighted by atomic mass is 9.95. The average molecular weight is 262 g/mol. The van der Waals surface area contributed by atoms with Crippen LogP contribution < -0.4 is 0 Å². The van der Waals surface area contributed by atoms with Crippen molar-refractivity contribution in [3.05, 3.63) is 45.5 Å². The van der Waals surface area contributed by atoms with Gasteiger partial charge in [-0.1, -0.05) is 6.08 Å². The zero-order chi connectivity index (χ0) is 13.8. The van der Waals surface area contributed by atoms with Crippen molar-refractivity contribution in [3.8, 4) is 0 Å². The van der Waals surface area contributed by atoms with Gasteiger partial charge in [0.15, 0.2) is 0 Å². The Morgan fingerprint density at radius 2 is 2.26 bits per heavy atom. The van der Waals surface area contributed by atoms with Crippen LogP contribution in [-0.2, 0) is 11.3 Å². The predicted octanol–water partition coefficient (Wildman–Crippen LogP) is 2.46. The van der Waals surface area contributed by atoms with E-state index in [-0.39, 0.29) is 10.6 Å². The van der Waals surface area contributed by atoms with Crippen LogP contribution in [0.4, 0.5) is 5.69 Å². The number of non-ortho nitro benzene ring substituents is 1. The van der Waals surface area contributed by atoms with E-state index >= 15 is 0 Å². The van der Waals surface area contributed by atoms with Gasteiger partial charge in [0.25, 0.3) is 5.69 Å². The third-order valence-electron chi connectivity index (χ3n) is 3.36. The second-order valence-electron chi connectivity index (χ2n) is 4.77. The van der Waals surface area contributed by atoms with E-state index in [9.17, 15) is 10.1 Å². The first kappa shape index (κ1) is 13.7. The molecule has 0 saturated heterocycles. The molecule has 1 aromatic carbocycles. The van der Waals surface area contributed by atoms with Crippen molar-refractivity contribution in [1.82, 2.24) is 4.90 Å². The van der Waals surface area contributed by atoms with Crippen molar-refractivity contribution in [3.63, 3.8) is 0 Å². The molecule has 0 radical (unpaired) electrons. The lowest BCUT2D eigenvalue weighted by Crippen LogP contribution is -2.23. The summed E-state index contributed by atoms with van der Waals surface area (Å²) in [5.41, 5.74) is 3.32. The molecular weight excluding hydrogens is 244 g/mol. The Balaban J connectivity index is 2.36. The van der Waals surface area contributed by atoms with E-state index < -0.39 is 0 Å². The highest BCUT2D eigenvalue weighted by molar-refractivity contribution is 5.70. The van der Waals surface area contributed by atoms with Gasteiger partial charge in [0, 0.05) is 32.3 Å².